The van der Waals surface area contributed by atoms with Gasteiger partial charge in [0.2, 0.25) is 0 Å². The topological polar surface area (TPSA) is 110 Å². The van der Waals surface area contributed by atoms with Crippen molar-refractivity contribution in [2.24, 2.45) is 0 Å². The Bertz CT molecular complexity index is 1660. The van der Waals surface area contributed by atoms with Crippen molar-refractivity contribution in [3.8, 4) is 34.5 Å². The molecule has 0 saturated carbocycles. The van der Waals surface area contributed by atoms with Crippen LogP contribution < -0.4 is 4.74 Å². The Morgan fingerprint density at radius 1 is 0.452 bits per heavy atom. The number of aryl methyl sites for hydroxylation is 1. The van der Waals surface area contributed by atoms with Crippen LogP contribution in [0.25, 0.3) is 0 Å². The van der Waals surface area contributed by atoms with Gasteiger partial charge in [0.25, 0.3) is 0 Å². The predicted octanol–water partition coefficient (Wildman–Crippen LogP) is 6.78. The maximum atomic E-state index is 11.9. The number of benzene rings is 5. The van der Waals surface area contributed by atoms with E-state index in [1.807, 2.05) is 48.5 Å². The number of methoxy groups -OCH3 is 1. The van der Waals surface area contributed by atoms with Crippen LogP contribution in [0.5, 0.6) is 34.5 Å². The number of ether oxygens (including phenoxy) is 1. The Morgan fingerprint density at radius 3 is 1.40 bits per heavy atom. The number of phenolic OH excluding ortho intramolecular Hbond substituents is 5. The third-order valence-corrected chi connectivity index (χ3v) is 7.58. The maximum absolute atomic E-state index is 11.9. The largest absolute Gasteiger partial charge is 0.508 e. The zero-order valence-electron chi connectivity index (χ0n) is 23.4. The fourth-order valence-electron chi connectivity index (χ4n) is 5.46. The molecule has 5 aromatic carbocycles. The second-order valence-corrected chi connectivity index (χ2v) is 10.5. The van der Waals surface area contributed by atoms with E-state index in [4.69, 9.17) is 4.74 Å². The molecule has 0 aromatic heterocycles. The van der Waals surface area contributed by atoms with Crippen LogP contribution in [0.1, 0.15) is 44.5 Å². The summed E-state index contributed by atoms with van der Waals surface area (Å²) in [4.78, 5) is 0. The maximum Gasteiger partial charge on any atom is 0.129 e. The summed E-state index contributed by atoms with van der Waals surface area (Å²) in [5, 5.41) is 51.6. The smallest absolute Gasteiger partial charge is 0.129 e. The van der Waals surface area contributed by atoms with Gasteiger partial charge in [-0.3, -0.25) is 0 Å². The Kier molecular flexibility index (Phi) is 8.53. The lowest BCUT2D eigenvalue weighted by Crippen LogP contribution is -2.10. The molecule has 6 nitrogen and oxygen atoms in total. The van der Waals surface area contributed by atoms with Crippen molar-refractivity contribution >= 4 is 0 Å². The van der Waals surface area contributed by atoms with Crippen LogP contribution in [0.15, 0.2) is 97.1 Å². The van der Waals surface area contributed by atoms with Crippen molar-refractivity contribution in [3.05, 3.63) is 142 Å². The lowest BCUT2D eigenvalue weighted by molar-refractivity contribution is 0.394. The number of phenols is 5. The molecule has 6 heteroatoms. The number of rotatable bonds is 10. The predicted molar refractivity (Wildman–Crippen MR) is 163 cm³/mol. The second-order valence-electron chi connectivity index (χ2n) is 10.5. The SMILES string of the molecule is COc1c(Cc2ccc(O)cc2)c(O)c(Cc2ccc(O)cc2)c(CCc2cccc(O)c2)c1Cc1ccc(O)cc1. The van der Waals surface area contributed by atoms with Gasteiger partial charge in [-0.25, -0.2) is 0 Å². The van der Waals surface area contributed by atoms with E-state index >= 15 is 0 Å². The third-order valence-electron chi connectivity index (χ3n) is 7.58. The minimum Gasteiger partial charge on any atom is -0.508 e. The van der Waals surface area contributed by atoms with E-state index in [0.29, 0.717) is 43.4 Å². The number of aromatic hydroxyl groups is 5. The van der Waals surface area contributed by atoms with Crippen LogP contribution in [0, 0.1) is 0 Å². The standard InChI is InChI=1S/C36H34O6/c1-42-36-33(21-25-7-14-28(38)15-8-25)31(18-11-23-3-2-4-30(40)19-23)32(20-24-5-12-27(37)13-6-24)35(41)34(36)22-26-9-16-29(39)17-10-26/h2-10,12-17,19,37-41H,11,18,20-22H2,1H3. The summed E-state index contributed by atoms with van der Waals surface area (Å²) in [6, 6.07) is 28.1. The number of hydrogen-bond donors (Lipinski definition) is 5. The fraction of sp³-hybridized carbons (Fsp3) is 0.167. The van der Waals surface area contributed by atoms with Crippen LogP contribution in [-0.4, -0.2) is 32.6 Å². The molecular weight excluding hydrogens is 528 g/mol. The van der Waals surface area contributed by atoms with Crippen molar-refractivity contribution in [1.82, 2.24) is 0 Å². The summed E-state index contributed by atoms with van der Waals surface area (Å²) >= 11 is 0. The minimum atomic E-state index is 0.147. The van der Waals surface area contributed by atoms with Crippen LogP contribution in [0.4, 0.5) is 0 Å². The normalized spacial score (nSPS) is 11.0. The zero-order chi connectivity index (χ0) is 29.6. The molecule has 0 spiro atoms. The molecule has 0 heterocycles. The van der Waals surface area contributed by atoms with Gasteiger partial charge < -0.3 is 30.3 Å². The van der Waals surface area contributed by atoms with Gasteiger partial charge in [0, 0.05) is 36.0 Å². The molecule has 0 fully saturated rings. The average Bonchev–Trinajstić information content (AvgIpc) is 2.98. The van der Waals surface area contributed by atoms with Gasteiger partial charge in [-0.15, -0.1) is 0 Å². The van der Waals surface area contributed by atoms with Crippen LogP contribution in [0.3, 0.4) is 0 Å². The van der Waals surface area contributed by atoms with E-state index in [-0.39, 0.29) is 28.7 Å². The molecule has 42 heavy (non-hydrogen) atoms. The molecule has 0 aliphatic rings. The first kappa shape index (κ1) is 28.4. The van der Waals surface area contributed by atoms with Crippen molar-refractivity contribution in [2.75, 3.05) is 7.11 Å². The van der Waals surface area contributed by atoms with Crippen LogP contribution >= 0.6 is 0 Å². The van der Waals surface area contributed by atoms with E-state index in [9.17, 15) is 25.5 Å². The first-order chi connectivity index (χ1) is 20.3. The van der Waals surface area contributed by atoms with Gasteiger partial charge >= 0.3 is 0 Å². The van der Waals surface area contributed by atoms with E-state index in [1.54, 1.807) is 55.6 Å². The molecule has 0 aliphatic heterocycles. The number of hydrogen-bond acceptors (Lipinski definition) is 6. The van der Waals surface area contributed by atoms with Crippen LogP contribution in [-0.2, 0) is 32.1 Å². The molecule has 5 N–H and O–H groups in total. The Balaban J connectivity index is 1.70. The summed E-state index contributed by atoms with van der Waals surface area (Å²) in [6.45, 7) is 0. The molecule has 214 valence electrons. The van der Waals surface area contributed by atoms with E-state index in [2.05, 4.69) is 0 Å². The zero-order valence-corrected chi connectivity index (χ0v) is 23.4. The molecular formula is C36H34O6. The Hall–Kier alpha value is -5.10. The van der Waals surface area contributed by atoms with Crippen molar-refractivity contribution in [1.29, 1.82) is 0 Å². The first-order valence-corrected chi connectivity index (χ1v) is 13.8. The molecule has 0 bridgehead atoms. The van der Waals surface area contributed by atoms with Gasteiger partial charge in [-0.05, 0) is 89.2 Å². The molecule has 0 radical (unpaired) electrons. The Morgan fingerprint density at radius 2 is 0.929 bits per heavy atom. The third kappa shape index (κ3) is 6.61. The van der Waals surface area contributed by atoms with Gasteiger partial charge in [0.1, 0.15) is 34.5 Å². The molecule has 0 unspecified atom stereocenters. The minimum absolute atomic E-state index is 0.147. The summed E-state index contributed by atoms with van der Waals surface area (Å²) in [5.41, 5.74) is 7.07. The summed E-state index contributed by atoms with van der Waals surface area (Å²) in [5.74, 6) is 1.45. The van der Waals surface area contributed by atoms with Crippen molar-refractivity contribution < 1.29 is 30.3 Å². The van der Waals surface area contributed by atoms with Crippen molar-refractivity contribution in [2.45, 2.75) is 32.1 Å². The highest BCUT2D eigenvalue weighted by molar-refractivity contribution is 5.62. The van der Waals surface area contributed by atoms with E-state index < -0.39 is 0 Å². The molecule has 5 aromatic rings. The highest BCUT2D eigenvalue weighted by Crippen LogP contribution is 2.43. The first-order valence-electron chi connectivity index (χ1n) is 13.8. The molecule has 0 saturated heterocycles. The van der Waals surface area contributed by atoms with Gasteiger partial charge in [-0.1, -0.05) is 48.5 Å². The van der Waals surface area contributed by atoms with Crippen molar-refractivity contribution in [3.63, 3.8) is 0 Å². The molecule has 5 rings (SSSR count). The van der Waals surface area contributed by atoms with E-state index in [0.717, 1.165) is 38.9 Å². The summed E-state index contributed by atoms with van der Waals surface area (Å²) in [7, 11) is 1.61. The lowest BCUT2D eigenvalue weighted by atomic mass is 9.84. The highest BCUT2D eigenvalue weighted by Gasteiger charge is 2.25. The fourth-order valence-corrected chi connectivity index (χ4v) is 5.46. The monoisotopic (exact) mass is 562 g/mol. The lowest BCUT2D eigenvalue weighted by Gasteiger charge is -2.24. The summed E-state index contributed by atoms with van der Waals surface area (Å²) < 4.78 is 6.05. The van der Waals surface area contributed by atoms with Crippen LogP contribution in [0.2, 0.25) is 0 Å². The van der Waals surface area contributed by atoms with Gasteiger partial charge in [-0.2, -0.15) is 0 Å². The van der Waals surface area contributed by atoms with Gasteiger partial charge in [0.05, 0.1) is 7.11 Å². The second kappa shape index (κ2) is 12.6. The van der Waals surface area contributed by atoms with Gasteiger partial charge in [0.15, 0.2) is 0 Å². The Labute approximate surface area is 245 Å². The average molecular weight is 563 g/mol. The highest BCUT2D eigenvalue weighted by atomic mass is 16.5. The summed E-state index contributed by atoms with van der Waals surface area (Å²) in [6.07, 6.45) is 2.52. The quantitative estimate of drug-likeness (QED) is 0.128. The van der Waals surface area contributed by atoms with E-state index in [1.165, 1.54) is 0 Å². The molecule has 0 atom stereocenters. The molecule has 0 amide bonds. The molecule has 0 aliphatic carbocycles.